The summed E-state index contributed by atoms with van der Waals surface area (Å²) in [4.78, 5) is 45.2. The summed E-state index contributed by atoms with van der Waals surface area (Å²) in [5, 5.41) is 26.6. The maximum Gasteiger partial charge on any atom is 0.313 e. The molecule has 7 heteroatoms. The number of carbonyl (C=O) groups excluding carboxylic acids is 3. The SMILES string of the molecule is CC1=CCC[C@@]2(C)[C@@H](CC[C@@]2(O)CN(Cc2cccc3ccccc23)C(=O)[C@@]23CC[C@@](C)(C(=O)O2)C3(C)C)c2ccc(cc2C(=O)c2ccccc2)C[C@@H](O)CC1. The van der Waals surface area contributed by atoms with E-state index in [4.69, 9.17) is 4.74 Å². The number of hydrogen-bond acceptors (Lipinski definition) is 6. The van der Waals surface area contributed by atoms with E-state index < -0.39 is 33.6 Å². The van der Waals surface area contributed by atoms with Crippen molar-refractivity contribution in [2.75, 3.05) is 6.54 Å². The fourth-order valence-electron chi connectivity index (χ4n) is 11.1. The van der Waals surface area contributed by atoms with Gasteiger partial charge in [0, 0.05) is 28.5 Å². The van der Waals surface area contributed by atoms with Crippen LogP contribution < -0.4 is 0 Å². The summed E-state index contributed by atoms with van der Waals surface area (Å²) in [5.74, 6) is -0.869. The van der Waals surface area contributed by atoms with Gasteiger partial charge in [-0.3, -0.25) is 14.4 Å². The molecule has 2 N–H and O–H groups in total. The van der Waals surface area contributed by atoms with Crippen molar-refractivity contribution >= 4 is 28.4 Å². The molecule has 298 valence electrons. The van der Waals surface area contributed by atoms with E-state index in [0.717, 1.165) is 33.9 Å². The van der Waals surface area contributed by atoms with Crippen molar-refractivity contribution < 1.29 is 29.3 Å². The third-order valence-corrected chi connectivity index (χ3v) is 15.4. The Morgan fingerprint density at radius 3 is 2.33 bits per heavy atom. The summed E-state index contributed by atoms with van der Waals surface area (Å²) in [7, 11) is 0. The first kappa shape index (κ1) is 39.2. The van der Waals surface area contributed by atoms with Crippen LogP contribution in [0.3, 0.4) is 0 Å². The lowest BCUT2D eigenvalue weighted by molar-refractivity contribution is -0.178. The number of benzene rings is 4. The van der Waals surface area contributed by atoms with Crippen molar-refractivity contribution in [1.29, 1.82) is 0 Å². The molecule has 7 nitrogen and oxygen atoms in total. The van der Waals surface area contributed by atoms with E-state index in [2.05, 4.69) is 44.2 Å². The number of nitrogens with zero attached hydrogens (tertiary/aromatic N) is 1. The van der Waals surface area contributed by atoms with Crippen molar-refractivity contribution in [1.82, 2.24) is 4.90 Å². The quantitative estimate of drug-likeness (QED) is 0.110. The van der Waals surface area contributed by atoms with E-state index in [1.807, 2.05) is 87.5 Å². The topological polar surface area (TPSA) is 104 Å². The second kappa shape index (κ2) is 14.4. The molecule has 3 fully saturated rings. The number of aliphatic hydroxyl groups excluding tert-OH is 1. The molecule has 9 rings (SSSR count). The molecule has 4 aromatic rings. The van der Waals surface area contributed by atoms with Crippen LogP contribution in [0.5, 0.6) is 0 Å². The number of ether oxygens (including phenoxy) is 1. The smallest absolute Gasteiger partial charge is 0.313 e. The normalized spacial score (nSPS) is 30.7. The molecule has 6 atom stereocenters. The third-order valence-electron chi connectivity index (χ3n) is 15.4. The van der Waals surface area contributed by atoms with Crippen LogP contribution in [-0.2, 0) is 27.3 Å². The van der Waals surface area contributed by atoms with Gasteiger partial charge in [0.25, 0.3) is 5.91 Å². The van der Waals surface area contributed by atoms with Crippen LogP contribution in [0.4, 0.5) is 0 Å². The number of esters is 1. The van der Waals surface area contributed by atoms with Gasteiger partial charge in [0.15, 0.2) is 11.4 Å². The first-order valence-corrected chi connectivity index (χ1v) is 20.9. The van der Waals surface area contributed by atoms with E-state index in [1.165, 1.54) is 5.57 Å². The van der Waals surface area contributed by atoms with E-state index in [-0.39, 0.29) is 36.7 Å². The fraction of sp³-hybridized carbons (Fsp3) is 0.460. The number of amides is 1. The van der Waals surface area contributed by atoms with Gasteiger partial charge in [-0.05, 0) is 111 Å². The van der Waals surface area contributed by atoms with Gasteiger partial charge in [0.05, 0.1) is 23.7 Å². The Balaban J connectivity index is 1.25. The highest BCUT2D eigenvalue weighted by atomic mass is 16.6. The monoisotopic (exact) mass is 767 g/mol. The first-order chi connectivity index (χ1) is 27.1. The number of carbonyl (C=O) groups is 3. The lowest BCUT2D eigenvalue weighted by atomic mass is 9.64. The summed E-state index contributed by atoms with van der Waals surface area (Å²) < 4.78 is 6.22. The van der Waals surface area contributed by atoms with E-state index in [0.29, 0.717) is 62.5 Å². The van der Waals surface area contributed by atoms with Crippen LogP contribution in [0, 0.1) is 16.2 Å². The second-order valence-electron chi connectivity index (χ2n) is 18.6. The summed E-state index contributed by atoms with van der Waals surface area (Å²) >= 11 is 0. The Bertz CT molecular complexity index is 2260. The predicted octanol–water partition coefficient (Wildman–Crippen LogP) is 9.26. The van der Waals surface area contributed by atoms with Crippen LogP contribution in [0.1, 0.15) is 125 Å². The maximum atomic E-state index is 15.5. The molecule has 4 aliphatic carbocycles. The zero-order valence-electron chi connectivity index (χ0n) is 34.1. The lowest BCUT2D eigenvalue weighted by Crippen LogP contribution is -2.60. The summed E-state index contributed by atoms with van der Waals surface area (Å²) in [5.41, 5.74) is 0.133. The lowest BCUT2D eigenvalue weighted by Gasteiger charge is -2.47. The molecule has 4 bridgehead atoms. The Morgan fingerprint density at radius 1 is 0.860 bits per heavy atom. The number of ketones is 1. The standard InChI is InChI=1S/C50H57NO6/c1-33-13-12-25-47(4)42(40-23-21-34(29-38(52)22-20-33)30-41(40)43(53)36-15-7-6-8-16-36)24-26-49(47,56)32-51(31-37-18-11-17-35-14-9-10-19-39(35)37)44(54)50-28-27-48(5,45(55)57-50)46(50,2)3/h6-11,13-19,21,23,30,38,42,52,56H,12,20,22,24-29,31-32H2,1-5H3/t38-,42-,47-,48-,49+,50+/m0/s1. The van der Waals surface area contributed by atoms with Gasteiger partial charge < -0.3 is 19.8 Å². The summed E-state index contributed by atoms with van der Waals surface area (Å²) in [6, 6.07) is 29.6. The summed E-state index contributed by atoms with van der Waals surface area (Å²) in [6.07, 6.45) is 6.86. The highest BCUT2D eigenvalue weighted by Gasteiger charge is 2.76. The summed E-state index contributed by atoms with van der Waals surface area (Å²) in [6.45, 7) is 10.4. The second-order valence-corrected chi connectivity index (χ2v) is 18.6. The van der Waals surface area contributed by atoms with Crippen molar-refractivity contribution in [3.05, 3.63) is 130 Å². The number of hydrogen-bond donors (Lipinski definition) is 2. The molecule has 5 aliphatic rings. The Hall–Kier alpha value is -4.59. The van der Waals surface area contributed by atoms with Gasteiger partial charge in [-0.2, -0.15) is 0 Å². The zero-order valence-corrected chi connectivity index (χ0v) is 34.1. The molecule has 0 aromatic heterocycles. The van der Waals surface area contributed by atoms with Gasteiger partial charge in [-0.1, -0.05) is 117 Å². The largest absolute Gasteiger partial charge is 0.448 e. The van der Waals surface area contributed by atoms with Gasteiger partial charge in [-0.25, -0.2) is 0 Å². The van der Waals surface area contributed by atoms with Gasteiger partial charge >= 0.3 is 5.97 Å². The van der Waals surface area contributed by atoms with Gasteiger partial charge in [0.1, 0.15) is 0 Å². The molecule has 57 heavy (non-hydrogen) atoms. The molecule has 1 aliphatic heterocycles. The number of aliphatic hydroxyl groups is 2. The van der Waals surface area contributed by atoms with Crippen LogP contribution >= 0.6 is 0 Å². The number of allylic oxidation sites excluding steroid dienone is 2. The molecule has 4 aromatic carbocycles. The van der Waals surface area contributed by atoms with E-state index in [9.17, 15) is 19.8 Å². The predicted molar refractivity (Wildman–Crippen MR) is 223 cm³/mol. The molecule has 0 unspecified atom stereocenters. The Labute approximate surface area is 337 Å². The Morgan fingerprint density at radius 2 is 1.60 bits per heavy atom. The molecule has 1 heterocycles. The number of fused-ring (bicyclic) bond motifs is 11. The molecule has 0 radical (unpaired) electrons. The molecular formula is C50H57NO6. The minimum Gasteiger partial charge on any atom is -0.448 e. The average molecular weight is 768 g/mol. The van der Waals surface area contributed by atoms with Gasteiger partial charge in [0.2, 0.25) is 0 Å². The zero-order chi connectivity index (χ0) is 40.4. The van der Waals surface area contributed by atoms with Gasteiger partial charge in [-0.15, -0.1) is 0 Å². The highest BCUT2D eigenvalue weighted by molar-refractivity contribution is 6.10. The highest BCUT2D eigenvalue weighted by Crippen LogP contribution is 2.66. The average Bonchev–Trinajstić information content (AvgIpc) is 3.64. The van der Waals surface area contributed by atoms with Crippen molar-refractivity contribution in [3.8, 4) is 0 Å². The maximum absolute atomic E-state index is 15.5. The van der Waals surface area contributed by atoms with Crippen LogP contribution in [0.25, 0.3) is 10.8 Å². The van der Waals surface area contributed by atoms with Crippen LogP contribution in [0.15, 0.2) is 103 Å². The first-order valence-electron chi connectivity index (χ1n) is 20.9. The van der Waals surface area contributed by atoms with E-state index in [1.54, 1.807) is 4.90 Å². The van der Waals surface area contributed by atoms with Crippen molar-refractivity contribution in [3.63, 3.8) is 0 Å². The van der Waals surface area contributed by atoms with Crippen LogP contribution in [0.2, 0.25) is 0 Å². The van der Waals surface area contributed by atoms with E-state index >= 15 is 4.79 Å². The molecular weight excluding hydrogens is 711 g/mol. The Kier molecular flexibility index (Phi) is 9.88. The molecule has 1 saturated heterocycles. The molecule has 0 spiro atoms. The minimum atomic E-state index is -1.36. The third kappa shape index (κ3) is 6.28. The van der Waals surface area contributed by atoms with Crippen LogP contribution in [-0.4, -0.2) is 56.6 Å². The molecule has 2 saturated carbocycles. The van der Waals surface area contributed by atoms with Crippen molar-refractivity contribution in [2.45, 2.75) is 122 Å². The van der Waals surface area contributed by atoms with Crippen molar-refractivity contribution in [2.24, 2.45) is 16.2 Å². The minimum absolute atomic E-state index is 0.0447. The molecule has 1 amide bonds. The number of rotatable bonds is 7. The fourth-order valence-corrected chi connectivity index (χ4v) is 11.1.